The van der Waals surface area contributed by atoms with Crippen molar-refractivity contribution >= 4 is 0 Å². The van der Waals surface area contributed by atoms with Crippen LogP contribution in [0, 0.1) is 46.3 Å². The predicted molar refractivity (Wildman–Crippen MR) is 120 cm³/mol. The van der Waals surface area contributed by atoms with E-state index in [0.29, 0.717) is 29.1 Å². The number of allylic oxidation sites excluding steroid dienone is 1. The van der Waals surface area contributed by atoms with Crippen molar-refractivity contribution in [1.29, 1.82) is 0 Å². The molecule has 1 heterocycles. The van der Waals surface area contributed by atoms with Crippen LogP contribution in [0.4, 0.5) is 0 Å². The summed E-state index contributed by atoms with van der Waals surface area (Å²) in [5, 5.41) is 0. The zero-order chi connectivity index (χ0) is 20.6. The molecule has 4 aliphatic carbocycles. The van der Waals surface area contributed by atoms with Gasteiger partial charge in [0.25, 0.3) is 0 Å². The maximum Gasteiger partial charge on any atom is 0.0618 e. The molecular weight excluding hydrogens is 354 g/mol. The van der Waals surface area contributed by atoms with Crippen LogP contribution in [-0.4, -0.2) is 18.2 Å². The minimum absolute atomic E-state index is 0.405. The second kappa shape index (κ2) is 7.09. The number of hydrogen-bond acceptors (Lipinski definition) is 2. The Morgan fingerprint density at radius 2 is 1.97 bits per heavy atom. The first-order chi connectivity index (χ1) is 13.7. The molecular formula is C27H45NO. The van der Waals surface area contributed by atoms with Crippen molar-refractivity contribution in [1.82, 2.24) is 0 Å². The van der Waals surface area contributed by atoms with E-state index in [9.17, 15) is 0 Å². The van der Waals surface area contributed by atoms with Crippen LogP contribution in [0.2, 0.25) is 0 Å². The van der Waals surface area contributed by atoms with Gasteiger partial charge in [-0.25, -0.2) is 0 Å². The molecule has 0 aromatic rings. The van der Waals surface area contributed by atoms with E-state index in [2.05, 4.69) is 40.7 Å². The van der Waals surface area contributed by atoms with Gasteiger partial charge in [-0.05, 0) is 104 Å². The van der Waals surface area contributed by atoms with Gasteiger partial charge in [0.05, 0.1) is 12.2 Å². The summed E-state index contributed by atoms with van der Waals surface area (Å²) < 4.78 is 6.80. The fraction of sp³-hybridized carbons (Fsp3) is 0.926. The molecule has 2 nitrogen and oxygen atoms in total. The molecule has 5 aliphatic rings. The third-order valence-corrected chi connectivity index (χ3v) is 10.8. The van der Waals surface area contributed by atoms with Crippen molar-refractivity contribution in [2.45, 2.75) is 111 Å². The van der Waals surface area contributed by atoms with E-state index in [1.807, 2.05) is 0 Å². The van der Waals surface area contributed by atoms with Crippen molar-refractivity contribution < 1.29 is 4.74 Å². The van der Waals surface area contributed by atoms with Crippen LogP contribution in [0.15, 0.2) is 11.6 Å². The van der Waals surface area contributed by atoms with Gasteiger partial charge in [0.15, 0.2) is 0 Å². The second-order valence-corrected chi connectivity index (χ2v) is 12.6. The summed E-state index contributed by atoms with van der Waals surface area (Å²) in [5.74, 6) is 4.96. The maximum atomic E-state index is 6.80. The summed E-state index contributed by atoms with van der Waals surface area (Å²) in [5.41, 5.74) is 9.01. The Morgan fingerprint density at radius 1 is 1.17 bits per heavy atom. The van der Waals surface area contributed by atoms with Crippen LogP contribution in [-0.2, 0) is 4.74 Å². The molecule has 2 N–H and O–H groups in total. The highest BCUT2D eigenvalue weighted by Crippen LogP contribution is 2.69. The summed E-state index contributed by atoms with van der Waals surface area (Å²) in [4.78, 5) is 0. The molecule has 4 fully saturated rings. The van der Waals surface area contributed by atoms with Crippen LogP contribution in [0.5, 0.6) is 0 Å². The number of fused-ring (bicyclic) bond motifs is 7. The Morgan fingerprint density at radius 3 is 2.72 bits per heavy atom. The van der Waals surface area contributed by atoms with Gasteiger partial charge in [-0.1, -0.05) is 46.3 Å². The summed E-state index contributed by atoms with van der Waals surface area (Å²) >= 11 is 0. The average Bonchev–Trinajstić information content (AvgIpc) is 3.14. The fourth-order valence-corrected chi connectivity index (χ4v) is 9.20. The first-order valence-electron chi connectivity index (χ1n) is 12.8. The molecule has 164 valence electrons. The van der Waals surface area contributed by atoms with Crippen molar-refractivity contribution in [3.63, 3.8) is 0 Å². The second-order valence-electron chi connectivity index (χ2n) is 12.6. The highest BCUT2D eigenvalue weighted by molar-refractivity contribution is 5.26. The van der Waals surface area contributed by atoms with Crippen LogP contribution in [0.3, 0.4) is 0 Å². The van der Waals surface area contributed by atoms with Crippen LogP contribution in [0.25, 0.3) is 0 Å². The van der Waals surface area contributed by atoms with E-state index in [4.69, 9.17) is 10.5 Å². The maximum absolute atomic E-state index is 6.80. The van der Waals surface area contributed by atoms with Gasteiger partial charge in [0.2, 0.25) is 0 Å². The molecule has 10 atom stereocenters. The van der Waals surface area contributed by atoms with Crippen molar-refractivity contribution in [3.8, 4) is 0 Å². The third-order valence-electron chi connectivity index (χ3n) is 10.8. The minimum atomic E-state index is 0.405. The standard InChI is InChI=1S/C27H45NO/c1-16(2)6-9-23-17(3)25-24(29-23)15-22-20-8-7-18-14-19(28)10-12-26(18,4)21(20)11-13-27(22,25)5/h7,16-17,19-25H,6,8-15,28H2,1-5H3/t17-,19?,20-,21+,22+,23-,24+,25+,26+,27+/m1/s1. The van der Waals surface area contributed by atoms with E-state index in [1.54, 1.807) is 5.57 Å². The predicted octanol–water partition coefficient (Wildman–Crippen LogP) is 6.34. The van der Waals surface area contributed by atoms with E-state index in [0.717, 1.165) is 41.9 Å². The largest absolute Gasteiger partial charge is 0.374 e. The van der Waals surface area contributed by atoms with Gasteiger partial charge < -0.3 is 10.5 Å². The SMILES string of the molecule is CC(C)CC[C@H]1O[C@H]2C[C@H]3[C@@H]4CC=C5CC(N)CC[C@]5(C)[C@H]4CC[C@]3(C)[C@H]2[C@@H]1C. The lowest BCUT2D eigenvalue weighted by atomic mass is 9.47. The van der Waals surface area contributed by atoms with Crippen molar-refractivity contribution in [2.24, 2.45) is 52.1 Å². The zero-order valence-corrected chi connectivity index (χ0v) is 19.6. The molecule has 3 saturated carbocycles. The van der Waals surface area contributed by atoms with E-state index < -0.39 is 0 Å². The fourth-order valence-electron chi connectivity index (χ4n) is 9.20. The average molecular weight is 400 g/mol. The molecule has 1 unspecified atom stereocenters. The lowest BCUT2D eigenvalue weighted by molar-refractivity contribution is -0.0528. The first kappa shape index (κ1) is 20.6. The van der Waals surface area contributed by atoms with Gasteiger partial charge in [0, 0.05) is 6.04 Å². The number of rotatable bonds is 3. The number of nitrogens with two attached hydrogens (primary N) is 1. The minimum Gasteiger partial charge on any atom is -0.374 e. The Kier molecular flexibility index (Phi) is 5.03. The first-order valence-corrected chi connectivity index (χ1v) is 12.8. The normalized spacial score (nSPS) is 53.8. The Labute approximate surface area is 179 Å². The molecule has 5 rings (SSSR count). The Balaban J connectivity index is 1.37. The molecule has 2 heteroatoms. The smallest absolute Gasteiger partial charge is 0.0618 e. The summed E-state index contributed by atoms with van der Waals surface area (Å²) in [6.07, 6.45) is 15.5. The molecule has 0 spiro atoms. The monoisotopic (exact) mass is 399 g/mol. The Bertz CT molecular complexity index is 669. The van der Waals surface area contributed by atoms with Crippen molar-refractivity contribution in [3.05, 3.63) is 11.6 Å². The van der Waals surface area contributed by atoms with Crippen LogP contribution in [0.1, 0.15) is 92.4 Å². The highest BCUT2D eigenvalue weighted by atomic mass is 16.5. The molecule has 0 radical (unpaired) electrons. The van der Waals surface area contributed by atoms with Gasteiger partial charge in [-0.15, -0.1) is 0 Å². The molecule has 1 aliphatic heterocycles. The lowest BCUT2D eigenvalue weighted by Crippen LogP contribution is -2.51. The summed E-state index contributed by atoms with van der Waals surface area (Å²) in [6, 6.07) is 0.405. The molecule has 29 heavy (non-hydrogen) atoms. The Hall–Kier alpha value is -0.340. The number of hydrogen-bond donors (Lipinski definition) is 1. The van der Waals surface area contributed by atoms with Gasteiger partial charge in [-0.3, -0.25) is 0 Å². The summed E-state index contributed by atoms with van der Waals surface area (Å²) in [6.45, 7) is 12.5. The number of ether oxygens (including phenoxy) is 1. The van der Waals surface area contributed by atoms with Crippen LogP contribution < -0.4 is 5.73 Å². The van der Waals surface area contributed by atoms with Crippen LogP contribution >= 0.6 is 0 Å². The van der Waals surface area contributed by atoms with E-state index >= 15 is 0 Å². The topological polar surface area (TPSA) is 35.2 Å². The molecule has 0 aromatic heterocycles. The lowest BCUT2D eigenvalue weighted by Gasteiger charge is -2.58. The molecule has 0 aromatic carbocycles. The molecule has 1 saturated heterocycles. The summed E-state index contributed by atoms with van der Waals surface area (Å²) in [7, 11) is 0. The van der Waals surface area contributed by atoms with Gasteiger partial charge in [-0.2, -0.15) is 0 Å². The highest BCUT2D eigenvalue weighted by Gasteiger charge is 2.64. The van der Waals surface area contributed by atoms with Gasteiger partial charge >= 0.3 is 0 Å². The van der Waals surface area contributed by atoms with E-state index in [-0.39, 0.29) is 0 Å². The molecule has 0 bridgehead atoms. The van der Waals surface area contributed by atoms with Gasteiger partial charge in [0.1, 0.15) is 0 Å². The van der Waals surface area contributed by atoms with Crippen molar-refractivity contribution in [2.75, 3.05) is 0 Å². The van der Waals surface area contributed by atoms with E-state index in [1.165, 1.54) is 51.4 Å². The quantitative estimate of drug-likeness (QED) is 0.562. The molecule has 0 amide bonds. The third kappa shape index (κ3) is 3.02. The zero-order valence-electron chi connectivity index (χ0n) is 19.6.